The van der Waals surface area contributed by atoms with Gasteiger partial charge in [0, 0.05) is 35.8 Å². The fourth-order valence-electron chi connectivity index (χ4n) is 3.57. The number of para-hydroxylation sites is 2. The summed E-state index contributed by atoms with van der Waals surface area (Å²) in [6.45, 7) is 3.81. The van der Waals surface area contributed by atoms with Gasteiger partial charge in [-0.15, -0.1) is 0 Å². The van der Waals surface area contributed by atoms with E-state index in [0.29, 0.717) is 34.7 Å². The fourth-order valence-corrected chi connectivity index (χ4v) is 4.08. The Labute approximate surface area is 185 Å². The lowest BCUT2D eigenvalue weighted by Crippen LogP contribution is -2.30. The summed E-state index contributed by atoms with van der Waals surface area (Å²) in [6, 6.07) is 15.6. The maximum atomic E-state index is 12.5. The molecule has 5 nitrogen and oxygen atoms in total. The lowest BCUT2D eigenvalue weighted by Gasteiger charge is -2.09. The van der Waals surface area contributed by atoms with Crippen molar-refractivity contribution >= 4 is 51.8 Å². The Morgan fingerprint density at radius 3 is 2.70 bits per heavy atom. The molecule has 0 aliphatic carbocycles. The lowest BCUT2D eigenvalue weighted by atomic mass is 10.1. The van der Waals surface area contributed by atoms with Crippen molar-refractivity contribution in [1.29, 1.82) is 0 Å². The number of hydrogen-bond acceptors (Lipinski definition) is 3. The Kier molecular flexibility index (Phi) is 6.06. The first-order valence-electron chi connectivity index (χ1n) is 9.88. The van der Waals surface area contributed by atoms with Crippen molar-refractivity contribution in [3.05, 3.63) is 71.0 Å². The van der Waals surface area contributed by atoms with Crippen LogP contribution in [0.5, 0.6) is 5.75 Å². The summed E-state index contributed by atoms with van der Waals surface area (Å²) in [5.74, 6) is 0.608. The van der Waals surface area contributed by atoms with Gasteiger partial charge in [-0.2, -0.15) is 0 Å². The molecule has 1 fully saturated rings. The minimum atomic E-state index is -0.0903. The molecular weight excluding hydrogens is 418 g/mol. The van der Waals surface area contributed by atoms with Crippen LogP contribution in [0.2, 0.25) is 5.02 Å². The number of likely N-dealkylation sites (N-methyl/N-ethyl adjacent to an activating group) is 1. The number of amides is 1. The first kappa shape index (κ1) is 20.4. The molecule has 1 aliphatic rings. The summed E-state index contributed by atoms with van der Waals surface area (Å²) in [4.78, 5) is 14.1. The van der Waals surface area contributed by atoms with E-state index in [1.54, 1.807) is 4.90 Å². The topological polar surface area (TPSA) is 46.5 Å². The van der Waals surface area contributed by atoms with Crippen molar-refractivity contribution in [2.75, 3.05) is 13.2 Å². The Morgan fingerprint density at radius 1 is 1.17 bits per heavy atom. The molecule has 0 atom stereocenters. The summed E-state index contributed by atoms with van der Waals surface area (Å²) >= 11 is 11.4. The van der Waals surface area contributed by atoms with Crippen LogP contribution in [-0.2, 0) is 11.3 Å². The largest absolute Gasteiger partial charge is 0.492 e. The minimum Gasteiger partial charge on any atom is -0.492 e. The third-order valence-corrected chi connectivity index (χ3v) is 5.67. The molecule has 0 unspecified atom stereocenters. The molecule has 0 bridgehead atoms. The van der Waals surface area contributed by atoms with Gasteiger partial charge in [0.1, 0.15) is 11.4 Å². The van der Waals surface area contributed by atoms with Crippen LogP contribution in [0, 0.1) is 0 Å². The number of carbonyl (C=O) groups excluding carboxylic acids is 1. The summed E-state index contributed by atoms with van der Waals surface area (Å²) in [5.41, 5.74) is 2.60. The number of nitrogens with one attached hydrogen (secondary N) is 1. The summed E-state index contributed by atoms with van der Waals surface area (Å²) in [7, 11) is 0. The average molecular weight is 440 g/mol. The second-order valence-corrected chi connectivity index (χ2v) is 7.76. The monoisotopic (exact) mass is 439 g/mol. The van der Waals surface area contributed by atoms with Crippen molar-refractivity contribution in [2.24, 2.45) is 0 Å². The van der Waals surface area contributed by atoms with E-state index < -0.39 is 0 Å². The van der Waals surface area contributed by atoms with Gasteiger partial charge in [0.15, 0.2) is 5.11 Å². The van der Waals surface area contributed by atoms with Gasteiger partial charge in [0.2, 0.25) is 0 Å². The normalized spacial score (nSPS) is 15.3. The molecule has 4 rings (SSSR count). The Morgan fingerprint density at radius 2 is 1.93 bits per heavy atom. The van der Waals surface area contributed by atoms with Gasteiger partial charge in [-0.25, -0.2) is 0 Å². The van der Waals surface area contributed by atoms with Gasteiger partial charge in [0.25, 0.3) is 5.91 Å². The second kappa shape index (κ2) is 8.90. The SMILES string of the molecule is CCN1C(=O)/C(=C/c2cn(CCCOc3ccccc3Cl)c3ccccc23)NC1=S. The van der Waals surface area contributed by atoms with E-state index in [2.05, 4.69) is 28.2 Å². The predicted octanol–water partition coefficient (Wildman–Crippen LogP) is 4.84. The van der Waals surface area contributed by atoms with E-state index in [1.165, 1.54) is 0 Å². The molecule has 1 N–H and O–H groups in total. The van der Waals surface area contributed by atoms with Crippen molar-refractivity contribution in [2.45, 2.75) is 19.9 Å². The quantitative estimate of drug-likeness (QED) is 0.325. The van der Waals surface area contributed by atoms with E-state index in [4.69, 9.17) is 28.6 Å². The maximum absolute atomic E-state index is 12.5. The highest BCUT2D eigenvalue weighted by Crippen LogP contribution is 2.26. The third-order valence-electron chi connectivity index (χ3n) is 5.04. The highest BCUT2D eigenvalue weighted by molar-refractivity contribution is 7.80. The molecule has 0 spiro atoms. The highest BCUT2D eigenvalue weighted by atomic mass is 35.5. The molecule has 30 heavy (non-hydrogen) atoms. The van der Waals surface area contributed by atoms with Crippen LogP contribution in [0.1, 0.15) is 18.9 Å². The summed E-state index contributed by atoms with van der Waals surface area (Å²) < 4.78 is 7.99. The smallest absolute Gasteiger partial charge is 0.276 e. The van der Waals surface area contributed by atoms with Crippen LogP contribution in [0.4, 0.5) is 0 Å². The summed E-state index contributed by atoms with van der Waals surface area (Å²) in [5, 5.41) is 5.19. The number of rotatable bonds is 7. The molecule has 1 aromatic heterocycles. The zero-order valence-electron chi connectivity index (χ0n) is 16.6. The van der Waals surface area contributed by atoms with Crippen LogP contribution in [0.15, 0.2) is 60.4 Å². The standard InChI is InChI=1S/C23H22ClN3O2S/c1-2-27-22(28)19(25-23(27)30)14-16-15-26(20-10-5-3-8-17(16)20)12-7-13-29-21-11-6-4-9-18(21)24/h3-6,8-11,14-15H,2,7,12-13H2,1H3,(H,25,30)/b19-14-. The number of carbonyl (C=O) groups is 1. The average Bonchev–Trinajstić information content (AvgIpc) is 3.23. The second-order valence-electron chi connectivity index (χ2n) is 6.96. The van der Waals surface area contributed by atoms with Crippen LogP contribution in [0.3, 0.4) is 0 Å². The molecule has 7 heteroatoms. The van der Waals surface area contributed by atoms with E-state index in [9.17, 15) is 4.79 Å². The van der Waals surface area contributed by atoms with Crippen molar-refractivity contribution in [3.63, 3.8) is 0 Å². The van der Waals surface area contributed by atoms with E-state index >= 15 is 0 Å². The van der Waals surface area contributed by atoms with Crippen molar-refractivity contribution < 1.29 is 9.53 Å². The molecule has 1 aliphatic heterocycles. The Hall–Kier alpha value is -2.83. The van der Waals surface area contributed by atoms with E-state index in [1.807, 2.05) is 49.4 Å². The molecule has 2 heterocycles. The van der Waals surface area contributed by atoms with Crippen LogP contribution in [0.25, 0.3) is 17.0 Å². The van der Waals surface area contributed by atoms with E-state index in [-0.39, 0.29) is 5.91 Å². The molecule has 1 saturated heterocycles. The van der Waals surface area contributed by atoms with Gasteiger partial charge < -0.3 is 14.6 Å². The number of thiocarbonyl (C=S) groups is 1. The van der Waals surface area contributed by atoms with Gasteiger partial charge in [-0.1, -0.05) is 41.9 Å². The number of hydrogen-bond donors (Lipinski definition) is 1. The van der Waals surface area contributed by atoms with Crippen molar-refractivity contribution in [1.82, 2.24) is 14.8 Å². The maximum Gasteiger partial charge on any atom is 0.276 e. The van der Waals surface area contributed by atoms with Crippen LogP contribution < -0.4 is 10.1 Å². The lowest BCUT2D eigenvalue weighted by molar-refractivity contribution is -0.122. The molecule has 3 aromatic rings. The number of aromatic nitrogens is 1. The summed E-state index contributed by atoms with van der Waals surface area (Å²) in [6.07, 6.45) is 4.77. The third kappa shape index (κ3) is 4.06. The molecular formula is C23H22ClN3O2S. The predicted molar refractivity (Wildman–Crippen MR) is 125 cm³/mol. The van der Waals surface area contributed by atoms with Gasteiger partial charge in [-0.3, -0.25) is 9.69 Å². The zero-order valence-corrected chi connectivity index (χ0v) is 18.2. The van der Waals surface area contributed by atoms with Gasteiger partial charge in [-0.05, 0) is 49.8 Å². The number of ether oxygens (including phenoxy) is 1. The number of aryl methyl sites for hydroxylation is 1. The number of nitrogens with zero attached hydrogens (tertiary/aromatic N) is 2. The Bertz CT molecular complexity index is 1140. The first-order chi connectivity index (χ1) is 14.6. The van der Waals surface area contributed by atoms with Gasteiger partial charge in [0.05, 0.1) is 11.6 Å². The van der Waals surface area contributed by atoms with Gasteiger partial charge >= 0.3 is 0 Å². The molecule has 2 aromatic carbocycles. The highest BCUT2D eigenvalue weighted by Gasteiger charge is 2.29. The number of benzene rings is 2. The van der Waals surface area contributed by atoms with Crippen LogP contribution in [-0.4, -0.2) is 33.6 Å². The first-order valence-corrected chi connectivity index (χ1v) is 10.7. The minimum absolute atomic E-state index is 0.0903. The Balaban J connectivity index is 1.51. The zero-order chi connectivity index (χ0) is 21.1. The molecule has 1 amide bonds. The number of fused-ring (bicyclic) bond motifs is 1. The molecule has 154 valence electrons. The number of halogens is 1. The van der Waals surface area contributed by atoms with E-state index in [0.717, 1.165) is 29.4 Å². The molecule has 0 radical (unpaired) electrons. The van der Waals surface area contributed by atoms with Crippen LogP contribution >= 0.6 is 23.8 Å². The van der Waals surface area contributed by atoms with Crippen molar-refractivity contribution in [3.8, 4) is 5.75 Å². The fraction of sp³-hybridized carbons (Fsp3) is 0.217. The molecule has 0 saturated carbocycles.